The van der Waals surface area contributed by atoms with Crippen molar-refractivity contribution < 1.29 is 9.90 Å². The van der Waals surface area contributed by atoms with Crippen molar-refractivity contribution in [3.8, 4) is 0 Å². The fraction of sp³-hybridized carbons (Fsp3) is 0.531. The van der Waals surface area contributed by atoms with Gasteiger partial charge in [-0.25, -0.2) is 0 Å². The van der Waals surface area contributed by atoms with E-state index in [0.717, 1.165) is 56.1 Å². The molecule has 0 radical (unpaired) electrons. The van der Waals surface area contributed by atoms with E-state index in [4.69, 9.17) is 0 Å². The number of Topliss-reactive ketones (excluding diaryl/α,β-unsaturated/α-hetero) is 1. The van der Waals surface area contributed by atoms with Gasteiger partial charge in [-0.15, -0.1) is 0 Å². The maximum atomic E-state index is 13.7. The highest BCUT2D eigenvalue weighted by Crippen LogP contribution is 2.35. The number of ketones is 1. The Morgan fingerprint density at radius 2 is 1.41 bits per heavy atom. The third-order valence-corrected chi connectivity index (χ3v) is 7.19. The number of hydrogen-bond donors (Lipinski definition) is 1. The van der Waals surface area contributed by atoms with Crippen molar-refractivity contribution in [3.05, 3.63) is 75.5 Å². The molecular weight excluding hydrogens is 416 g/mol. The van der Waals surface area contributed by atoms with Crippen LogP contribution in [-0.2, 0) is 6.42 Å². The minimum Gasteiger partial charge on any atom is -0.504 e. The first-order valence-electron chi connectivity index (χ1n) is 13.5. The van der Waals surface area contributed by atoms with Crippen LogP contribution in [0.2, 0.25) is 0 Å². The molecule has 34 heavy (non-hydrogen) atoms. The van der Waals surface area contributed by atoms with Crippen LogP contribution in [0.15, 0.2) is 42.2 Å². The van der Waals surface area contributed by atoms with E-state index in [9.17, 15) is 9.90 Å². The van der Waals surface area contributed by atoms with Crippen LogP contribution >= 0.6 is 0 Å². The monoisotopic (exact) mass is 462 g/mol. The summed E-state index contributed by atoms with van der Waals surface area (Å²) in [6, 6.07) is 12.5. The molecule has 2 heteroatoms. The average Bonchev–Trinajstić information content (AvgIpc) is 2.83. The number of aryl methyl sites for hydroxylation is 1. The molecule has 0 saturated carbocycles. The Hall–Kier alpha value is -2.35. The Morgan fingerprint density at radius 1 is 0.824 bits per heavy atom. The predicted octanol–water partition coefficient (Wildman–Crippen LogP) is 9.74. The van der Waals surface area contributed by atoms with Crippen molar-refractivity contribution in [1.29, 1.82) is 0 Å². The molecule has 0 heterocycles. The van der Waals surface area contributed by atoms with Crippen LogP contribution in [0.3, 0.4) is 0 Å². The van der Waals surface area contributed by atoms with Crippen LogP contribution in [0.5, 0.6) is 0 Å². The summed E-state index contributed by atoms with van der Waals surface area (Å²) in [6.45, 7) is 15.4. The Kier molecular flexibility index (Phi) is 11.1. The molecule has 0 aliphatic carbocycles. The van der Waals surface area contributed by atoms with E-state index in [2.05, 4.69) is 72.7 Å². The highest BCUT2D eigenvalue weighted by atomic mass is 16.3. The minimum absolute atomic E-state index is 0.163. The van der Waals surface area contributed by atoms with Crippen molar-refractivity contribution in [3.63, 3.8) is 0 Å². The molecule has 2 aromatic carbocycles. The molecule has 3 unspecified atom stereocenters. The van der Waals surface area contributed by atoms with Gasteiger partial charge in [-0.1, -0.05) is 104 Å². The Balaban J connectivity index is 2.58. The topological polar surface area (TPSA) is 37.3 Å². The van der Waals surface area contributed by atoms with Gasteiger partial charge < -0.3 is 5.11 Å². The third-order valence-electron chi connectivity index (χ3n) is 7.19. The van der Waals surface area contributed by atoms with Crippen LogP contribution in [0.1, 0.15) is 143 Å². The van der Waals surface area contributed by atoms with Gasteiger partial charge in [0.15, 0.2) is 5.76 Å². The summed E-state index contributed by atoms with van der Waals surface area (Å²) >= 11 is 0. The molecule has 1 N–H and O–H groups in total. The van der Waals surface area contributed by atoms with Crippen molar-refractivity contribution in [2.75, 3.05) is 0 Å². The second-order valence-electron chi connectivity index (χ2n) is 10.1. The quantitative estimate of drug-likeness (QED) is 0.183. The lowest BCUT2D eigenvalue weighted by Gasteiger charge is -2.23. The van der Waals surface area contributed by atoms with Crippen LogP contribution in [0, 0.1) is 0 Å². The fourth-order valence-electron chi connectivity index (χ4n) is 5.28. The number of allylic oxidation sites excluding steroid dienone is 1. The van der Waals surface area contributed by atoms with Gasteiger partial charge in [0.1, 0.15) is 0 Å². The summed E-state index contributed by atoms with van der Waals surface area (Å²) in [5.74, 6) is 0.614. The van der Waals surface area contributed by atoms with E-state index >= 15 is 0 Å². The Bertz CT molecular complexity index is 969. The van der Waals surface area contributed by atoms with Crippen molar-refractivity contribution >= 4 is 11.9 Å². The molecule has 0 amide bonds. The van der Waals surface area contributed by atoms with Crippen molar-refractivity contribution in [2.24, 2.45) is 0 Å². The molecule has 3 atom stereocenters. The molecule has 0 bridgehead atoms. The highest BCUT2D eigenvalue weighted by Gasteiger charge is 2.24. The second-order valence-corrected chi connectivity index (χ2v) is 10.1. The molecule has 2 aromatic rings. The molecular formula is C32H46O2. The smallest absolute Gasteiger partial charge is 0.227 e. The minimum atomic E-state index is -0.264. The Labute approximate surface area is 208 Å². The number of rotatable bonds is 13. The zero-order valence-electron chi connectivity index (χ0n) is 22.6. The van der Waals surface area contributed by atoms with Crippen LogP contribution in [0.4, 0.5) is 0 Å². The first-order chi connectivity index (χ1) is 16.3. The number of aliphatic hydroxyl groups is 1. The van der Waals surface area contributed by atoms with E-state index < -0.39 is 0 Å². The lowest BCUT2D eigenvalue weighted by Crippen LogP contribution is -2.13. The van der Waals surface area contributed by atoms with Gasteiger partial charge in [0, 0.05) is 5.56 Å². The van der Waals surface area contributed by atoms with Gasteiger partial charge in [-0.2, -0.15) is 0 Å². The fourth-order valence-corrected chi connectivity index (χ4v) is 5.28. The SMILES string of the molecule is CCCC(C)c1ccc(CC)cc1/C=C(\O)C(=O)c1cccc(C(C)CCC)c1C(C)CCC. The van der Waals surface area contributed by atoms with E-state index in [0.29, 0.717) is 17.4 Å². The summed E-state index contributed by atoms with van der Waals surface area (Å²) in [7, 11) is 0. The van der Waals surface area contributed by atoms with E-state index in [1.54, 1.807) is 6.08 Å². The number of benzene rings is 2. The number of carbonyl (C=O) groups is 1. The first kappa shape index (κ1) is 27.9. The molecule has 2 rings (SSSR count). The van der Waals surface area contributed by atoms with Gasteiger partial charge in [-0.3, -0.25) is 4.79 Å². The molecule has 0 saturated heterocycles. The molecule has 0 aromatic heterocycles. The van der Waals surface area contributed by atoms with Crippen LogP contribution < -0.4 is 0 Å². The van der Waals surface area contributed by atoms with Gasteiger partial charge in [0.25, 0.3) is 0 Å². The maximum absolute atomic E-state index is 13.7. The molecule has 2 nitrogen and oxygen atoms in total. The van der Waals surface area contributed by atoms with Crippen molar-refractivity contribution in [2.45, 2.75) is 111 Å². The summed E-state index contributed by atoms with van der Waals surface area (Å²) in [5, 5.41) is 11.1. The molecule has 0 aliphatic rings. The molecule has 0 fully saturated rings. The molecule has 0 spiro atoms. The standard InChI is InChI=1S/C32H46O2/c1-8-13-22(5)27-19-18-25(11-4)20-26(27)21-30(33)32(34)29-17-12-16-28(23(6)14-9-2)31(29)24(7)15-10-3/h12,16-24,33H,8-11,13-15H2,1-7H3/b30-21-. The van der Waals surface area contributed by atoms with Crippen LogP contribution in [0.25, 0.3) is 6.08 Å². The Morgan fingerprint density at radius 3 is 2.00 bits per heavy atom. The lowest BCUT2D eigenvalue weighted by atomic mass is 9.81. The summed E-state index contributed by atoms with van der Waals surface area (Å²) in [6.07, 6.45) is 9.11. The van der Waals surface area contributed by atoms with Gasteiger partial charge >= 0.3 is 0 Å². The predicted molar refractivity (Wildman–Crippen MR) is 147 cm³/mol. The first-order valence-corrected chi connectivity index (χ1v) is 13.5. The van der Waals surface area contributed by atoms with E-state index in [1.165, 1.54) is 16.7 Å². The zero-order valence-corrected chi connectivity index (χ0v) is 22.6. The normalized spacial score (nSPS) is 14.6. The highest BCUT2D eigenvalue weighted by molar-refractivity contribution is 6.10. The number of hydrogen-bond acceptors (Lipinski definition) is 2. The van der Waals surface area contributed by atoms with E-state index in [1.807, 2.05) is 12.1 Å². The largest absolute Gasteiger partial charge is 0.504 e. The maximum Gasteiger partial charge on any atom is 0.227 e. The summed E-state index contributed by atoms with van der Waals surface area (Å²) in [4.78, 5) is 13.7. The van der Waals surface area contributed by atoms with Gasteiger partial charge in [0.05, 0.1) is 0 Å². The van der Waals surface area contributed by atoms with Crippen molar-refractivity contribution in [1.82, 2.24) is 0 Å². The van der Waals surface area contributed by atoms with E-state index in [-0.39, 0.29) is 17.5 Å². The average molecular weight is 463 g/mol. The summed E-state index contributed by atoms with van der Waals surface area (Å²) < 4.78 is 0. The van der Waals surface area contributed by atoms with Crippen LogP contribution in [-0.4, -0.2) is 10.9 Å². The molecule has 186 valence electrons. The van der Waals surface area contributed by atoms with Gasteiger partial charge in [0.2, 0.25) is 5.78 Å². The number of carbonyl (C=O) groups excluding carboxylic acids is 1. The second kappa shape index (κ2) is 13.5. The molecule has 0 aliphatic heterocycles. The third kappa shape index (κ3) is 6.84. The number of aliphatic hydroxyl groups excluding tert-OH is 1. The summed E-state index contributed by atoms with van der Waals surface area (Å²) in [5.41, 5.74) is 6.41. The van der Waals surface area contributed by atoms with Gasteiger partial charge in [-0.05, 0) is 77.3 Å². The lowest BCUT2D eigenvalue weighted by molar-refractivity contribution is 0.0979. The zero-order chi connectivity index (χ0) is 25.3.